The van der Waals surface area contributed by atoms with Gasteiger partial charge in [0.05, 0.1) is 5.69 Å². The summed E-state index contributed by atoms with van der Waals surface area (Å²) in [7, 11) is 0. The number of carbonyl (C=O) groups is 2. The zero-order chi connectivity index (χ0) is 21.3. The lowest BCUT2D eigenvalue weighted by Gasteiger charge is -2.12. The maximum atomic E-state index is 12.4. The molecule has 3 aromatic rings. The number of halogens is 2. The molecular weight excluding hydrogens is 398 g/mol. The van der Waals surface area contributed by atoms with Gasteiger partial charge < -0.3 is 20.1 Å². The first-order valence-electron chi connectivity index (χ1n) is 8.83. The minimum Gasteiger partial charge on any atom is -0.484 e. The van der Waals surface area contributed by atoms with Crippen LogP contribution in [-0.4, -0.2) is 34.8 Å². The van der Waals surface area contributed by atoms with Gasteiger partial charge >= 0.3 is 6.61 Å². The summed E-state index contributed by atoms with van der Waals surface area (Å²) in [6.45, 7) is -3.26. The molecule has 0 saturated carbocycles. The van der Waals surface area contributed by atoms with Gasteiger partial charge in [-0.1, -0.05) is 12.1 Å². The average molecular weight is 416 g/mol. The number of aromatic nitrogens is 2. The quantitative estimate of drug-likeness (QED) is 0.559. The number of amides is 2. The van der Waals surface area contributed by atoms with Gasteiger partial charge in [0.2, 0.25) is 5.91 Å². The van der Waals surface area contributed by atoms with Crippen molar-refractivity contribution in [2.24, 2.45) is 0 Å². The average Bonchev–Trinajstić information content (AvgIpc) is 3.21. The van der Waals surface area contributed by atoms with Gasteiger partial charge in [-0.05, 0) is 42.5 Å². The van der Waals surface area contributed by atoms with Crippen molar-refractivity contribution in [1.29, 1.82) is 0 Å². The Labute approximate surface area is 170 Å². The predicted molar refractivity (Wildman–Crippen MR) is 104 cm³/mol. The van der Waals surface area contributed by atoms with Crippen molar-refractivity contribution < 1.29 is 27.8 Å². The molecule has 2 aromatic carbocycles. The van der Waals surface area contributed by atoms with E-state index < -0.39 is 12.5 Å². The number of alkyl halides is 2. The largest absolute Gasteiger partial charge is 0.484 e. The second kappa shape index (κ2) is 10.0. The number of hydrogen-bond donors (Lipinski definition) is 2. The first-order valence-corrected chi connectivity index (χ1v) is 8.83. The molecule has 10 heteroatoms. The summed E-state index contributed by atoms with van der Waals surface area (Å²) in [6, 6.07) is 14.0. The summed E-state index contributed by atoms with van der Waals surface area (Å²) in [5, 5.41) is 9.13. The minimum absolute atomic E-state index is 0.0855. The summed E-state index contributed by atoms with van der Waals surface area (Å²) in [5.74, 6) is -0.531. The number of ether oxygens (including phenoxy) is 2. The minimum atomic E-state index is -3.00. The Morgan fingerprint density at radius 1 is 1.00 bits per heavy atom. The molecule has 0 aliphatic carbocycles. The van der Waals surface area contributed by atoms with Crippen LogP contribution in [0.3, 0.4) is 0 Å². The fraction of sp³-hybridized carbons (Fsp3) is 0.150. The van der Waals surface area contributed by atoms with E-state index in [1.165, 1.54) is 22.9 Å². The maximum absolute atomic E-state index is 12.4. The van der Waals surface area contributed by atoms with Crippen molar-refractivity contribution in [3.05, 3.63) is 67.0 Å². The topological polar surface area (TPSA) is 94.5 Å². The summed E-state index contributed by atoms with van der Waals surface area (Å²) < 4.78 is 36.1. The Morgan fingerprint density at radius 2 is 1.77 bits per heavy atom. The molecule has 0 radical (unpaired) electrons. The molecule has 0 bridgehead atoms. The number of anilines is 2. The smallest absolute Gasteiger partial charge is 0.387 e. The van der Waals surface area contributed by atoms with E-state index in [0.29, 0.717) is 11.4 Å². The number of nitrogens with one attached hydrogen (secondary N) is 2. The molecule has 0 unspecified atom stereocenters. The molecule has 8 nitrogen and oxygen atoms in total. The molecule has 2 amide bonds. The molecular formula is C20H18F2N4O4. The van der Waals surface area contributed by atoms with E-state index in [-0.39, 0.29) is 30.5 Å². The third kappa shape index (κ3) is 6.30. The fourth-order valence-corrected chi connectivity index (χ4v) is 2.48. The molecule has 3 rings (SSSR count). The molecule has 2 N–H and O–H groups in total. The van der Waals surface area contributed by atoms with E-state index in [1.807, 2.05) is 0 Å². The lowest BCUT2D eigenvalue weighted by Crippen LogP contribution is -2.21. The van der Waals surface area contributed by atoms with Gasteiger partial charge in [0.1, 0.15) is 18.0 Å². The zero-order valence-electron chi connectivity index (χ0n) is 15.6. The van der Waals surface area contributed by atoms with Crippen molar-refractivity contribution in [3.63, 3.8) is 0 Å². The van der Waals surface area contributed by atoms with E-state index in [4.69, 9.17) is 4.74 Å². The fourth-order valence-electron chi connectivity index (χ4n) is 2.48. The first-order chi connectivity index (χ1) is 14.5. The van der Waals surface area contributed by atoms with E-state index in [2.05, 4.69) is 20.5 Å². The second-order valence-corrected chi connectivity index (χ2v) is 5.99. The molecule has 0 aliphatic heterocycles. The Balaban J connectivity index is 1.48. The van der Waals surface area contributed by atoms with Gasteiger partial charge in [0.25, 0.3) is 5.91 Å². The highest BCUT2D eigenvalue weighted by atomic mass is 19.3. The lowest BCUT2D eigenvalue weighted by molar-refractivity contribution is -0.118. The van der Waals surface area contributed by atoms with Crippen LogP contribution in [0, 0.1) is 0 Å². The molecule has 1 aromatic heterocycles. The Bertz CT molecular complexity index is 979. The van der Waals surface area contributed by atoms with E-state index in [0.717, 1.165) is 0 Å². The van der Waals surface area contributed by atoms with Crippen LogP contribution in [0.5, 0.6) is 11.5 Å². The van der Waals surface area contributed by atoms with E-state index in [1.54, 1.807) is 48.8 Å². The highest BCUT2D eigenvalue weighted by Gasteiger charge is 2.12. The van der Waals surface area contributed by atoms with Crippen LogP contribution in [0.4, 0.5) is 20.2 Å². The van der Waals surface area contributed by atoms with E-state index >= 15 is 0 Å². The number of nitrogens with zero attached hydrogens (tertiary/aromatic N) is 2. The zero-order valence-corrected chi connectivity index (χ0v) is 15.6. The van der Waals surface area contributed by atoms with Crippen LogP contribution >= 0.6 is 0 Å². The van der Waals surface area contributed by atoms with Gasteiger partial charge in [0.15, 0.2) is 6.61 Å². The van der Waals surface area contributed by atoms with Crippen LogP contribution < -0.4 is 20.1 Å². The van der Waals surface area contributed by atoms with Crippen molar-refractivity contribution >= 4 is 23.2 Å². The Kier molecular flexibility index (Phi) is 6.93. The van der Waals surface area contributed by atoms with Crippen LogP contribution in [0.15, 0.2) is 67.0 Å². The van der Waals surface area contributed by atoms with Crippen LogP contribution in [0.1, 0.15) is 0 Å². The van der Waals surface area contributed by atoms with Crippen molar-refractivity contribution in [2.45, 2.75) is 13.2 Å². The van der Waals surface area contributed by atoms with Crippen molar-refractivity contribution in [1.82, 2.24) is 9.78 Å². The second-order valence-electron chi connectivity index (χ2n) is 5.99. The SMILES string of the molecule is O=C(Cn1cccn1)Nc1ccc(OCC(=O)Nc2ccccc2OC(F)F)cc1. The van der Waals surface area contributed by atoms with Gasteiger partial charge in [-0.3, -0.25) is 14.3 Å². The van der Waals surface area contributed by atoms with Gasteiger partial charge in [-0.25, -0.2) is 0 Å². The number of carbonyl (C=O) groups excluding carboxylic acids is 2. The van der Waals surface area contributed by atoms with E-state index in [9.17, 15) is 18.4 Å². The highest BCUT2D eigenvalue weighted by Crippen LogP contribution is 2.25. The molecule has 0 fully saturated rings. The molecule has 0 atom stereocenters. The monoisotopic (exact) mass is 416 g/mol. The van der Waals surface area contributed by atoms with Gasteiger partial charge in [0, 0.05) is 18.1 Å². The molecule has 0 saturated heterocycles. The van der Waals surface area contributed by atoms with Gasteiger partial charge in [-0.2, -0.15) is 13.9 Å². The van der Waals surface area contributed by atoms with Crippen molar-refractivity contribution in [3.8, 4) is 11.5 Å². The number of benzene rings is 2. The lowest BCUT2D eigenvalue weighted by atomic mass is 10.3. The summed E-state index contributed by atoms with van der Waals surface area (Å²) in [6.07, 6.45) is 3.26. The number of hydrogen-bond acceptors (Lipinski definition) is 5. The molecule has 0 spiro atoms. The first kappa shape index (κ1) is 20.8. The Morgan fingerprint density at radius 3 is 2.47 bits per heavy atom. The predicted octanol–water partition coefficient (Wildman–Crippen LogP) is 3.14. The number of para-hydroxylation sites is 2. The summed E-state index contributed by atoms with van der Waals surface area (Å²) in [4.78, 5) is 24.0. The van der Waals surface area contributed by atoms with Gasteiger partial charge in [-0.15, -0.1) is 0 Å². The third-order valence-corrected chi connectivity index (χ3v) is 3.75. The van der Waals surface area contributed by atoms with Crippen molar-refractivity contribution in [2.75, 3.05) is 17.2 Å². The summed E-state index contributed by atoms with van der Waals surface area (Å²) in [5.41, 5.74) is 0.670. The number of rotatable bonds is 9. The summed E-state index contributed by atoms with van der Waals surface area (Å²) >= 11 is 0. The third-order valence-electron chi connectivity index (χ3n) is 3.75. The Hall–Kier alpha value is -3.95. The van der Waals surface area contributed by atoms with Crippen LogP contribution in [0.25, 0.3) is 0 Å². The normalized spacial score (nSPS) is 10.5. The maximum Gasteiger partial charge on any atom is 0.387 e. The van der Waals surface area contributed by atoms with Crippen LogP contribution in [0.2, 0.25) is 0 Å². The molecule has 30 heavy (non-hydrogen) atoms. The van der Waals surface area contributed by atoms with Crippen LogP contribution in [-0.2, 0) is 16.1 Å². The standard InChI is InChI=1S/C20H18F2N4O4/c21-20(22)30-17-5-2-1-4-16(17)25-19(28)13-29-15-8-6-14(7-9-15)24-18(27)12-26-11-3-10-23-26/h1-11,20H,12-13H2,(H,24,27)(H,25,28). The molecule has 1 heterocycles. The molecule has 0 aliphatic rings. The highest BCUT2D eigenvalue weighted by molar-refractivity contribution is 5.93. The molecule has 156 valence electrons.